The molecule has 6 heteroatoms. The minimum absolute atomic E-state index is 0.168. The highest BCUT2D eigenvalue weighted by atomic mass is 32.2. The summed E-state index contributed by atoms with van der Waals surface area (Å²) < 4.78 is 26.7. The van der Waals surface area contributed by atoms with Crippen LogP contribution in [-0.4, -0.2) is 20.6 Å². The summed E-state index contributed by atoms with van der Waals surface area (Å²) in [4.78, 5) is 13.0. The van der Waals surface area contributed by atoms with Crippen LogP contribution in [0, 0.1) is 31.6 Å². The summed E-state index contributed by atoms with van der Waals surface area (Å²) in [6.07, 6.45) is 9.52. The Labute approximate surface area is 232 Å². The summed E-state index contributed by atoms with van der Waals surface area (Å²) in [5.41, 5.74) is 6.54. The molecule has 4 bridgehead atoms. The molecule has 4 saturated carbocycles. The quantitative estimate of drug-likeness (QED) is 0.350. The number of nitrogens with zero attached hydrogens (tertiary/aromatic N) is 1. The van der Waals surface area contributed by atoms with E-state index in [0.717, 1.165) is 40.1 Å². The Kier molecular flexibility index (Phi) is 6.57. The lowest BCUT2D eigenvalue weighted by Gasteiger charge is -2.57. The van der Waals surface area contributed by atoms with Crippen LogP contribution in [0.25, 0.3) is 0 Å². The van der Waals surface area contributed by atoms with Gasteiger partial charge in [-0.3, -0.25) is 9.10 Å². The number of benzene rings is 3. The second kappa shape index (κ2) is 9.81. The first-order valence-corrected chi connectivity index (χ1v) is 16.0. The van der Waals surface area contributed by atoms with E-state index in [4.69, 9.17) is 0 Å². The lowest BCUT2D eigenvalue weighted by Crippen LogP contribution is -2.48. The average molecular weight is 543 g/mol. The predicted octanol–water partition coefficient (Wildman–Crippen LogP) is 6.99. The van der Waals surface area contributed by atoms with Gasteiger partial charge in [0.1, 0.15) is 0 Å². The van der Waals surface area contributed by atoms with Crippen molar-refractivity contribution in [2.45, 2.75) is 64.3 Å². The van der Waals surface area contributed by atoms with Gasteiger partial charge in [0.25, 0.3) is 5.91 Å². The Bertz CT molecular complexity index is 1460. The topological polar surface area (TPSA) is 66.5 Å². The Hall–Kier alpha value is -3.12. The molecule has 39 heavy (non-hydrogen) atoms. The van der Waals surface area contributed by atoms with Gasteiger partial charge < -0.3 is 5.32 Å². The number of aryl methyl sites for hydroxylation is 2. The molecule has 0 aliphatic heterocycles. The van der Waals surface area contributed by atoms with Crippen LogP contribution in [0.15, 0.2) is 66.7 Å². The zero-order chi connectivity index (χ0) is 27.4. The molecule has 1 N–H and O–H groups in total. The van der Waals surface area contributed by atoms with Crippen LogP contribution >= 0.6 is 0 Å². The van der Waals surface area contributed by atoms with E-state index in [1.807, 2.05) is 56.3 Å². The van der Waals surface area contributed by atoms with E-state index in [-0.39, 0.29) is 12.5 Å². The fourth-order valence-electron chi connectivity index (χ4n) is 7.87. The molecule has 1 amide bonds. The molecule has 7 rings (SSSR count). The second-order valence-corrected chi connectivity index (χ2v) is 14.4. The van der Waals surface area contributed by atoms with E-state index in [0.29, 0.717) is 16.7 Å². The number of rotatable bonds is 7. The molecule has 5 nitrogen and oxygen atoms in total. The van der Waals surface area contributed by atoms with Gasteiger partial charge in [0.2, 0.25) is 10.0 Å². The molecule has 204 valence electrons. The maximum Gasteiger partial charge on any atom is 0.255 e. The molecule has 0 atom stereocenters. The van der Waals surface area contributed by atoms with Gasteiger partial charge in [0.05, 0.1) is 18.5 Å². The van der Waals surface area contributed by atoms with Crippen molar-refractivity contribution in [3.8, 4) is 0 Å². The number of hydrogen-bond donors (Lipinski definition) is 1. The summed E-state index contributed by atoms with van der Waals surface area (Å²) in [5, 5.41) is 3.04. The third-order valence-electron chi connectivity index (χ3n) is 9.37. The van der Waals surface area contributed by atoms with Crippen molar-refractivity contribution in [1.29, 1.82) is 0 Å². The fourth-order valence-corrected chi connectivity index (χ4v) is 8.81. The number of anilines is 2. The molecule has 0 saturated heterocycles. The van der Waals surface area contributed by atoms with Gasteiger partial charge in [-0.25, -0.2) is 8.42 Å². The van der Waals surface area contributed by atoms with Crippen molar-refractivity contribution in [1.82, 2.24) is 0 Å². The van der Waals surface area contributed by atoms with Gasteiger partial charge in [-0.1, -0.05) is 36.4 Å². The summed E-state index contributed by atoms with van der Waals surface area (Å²) in [5.74, 6) is 2.55. The molecule has 0 aromatic heterocycles. The lowest BCUT2D eigenvalue weighted by molar-refractivity contribution is -0.00518. The van der Waals surface area contributed by atoms with Crippen LogP contribution in [0.5, 0.6) is 0 Å². The fraction of sp³-hybridized carbons (Fsp3) is 0.424. The molecule has 4 fully saturated rings. The van der Waals surface area contributed by atoms with Gasteiger partial charge in [-0.15, -0.1) is 0 Å². The normalized spacial score (nSPS) is 25.5. The van der Waals surface area contributed by atoms with Gasteiger partial charge in [0.15, 0.2) is 0 Å². The highest BCUT2D eigenvalue weighted by Gasteiger charge is 2.51. The minimum Gasteiger partial charge on any atom is -0.322 e. The number of carbonyl (C=O) groups is 1. The van der Waals surface area contributed by atoms with Crippen molar-refractivity contribution >= 4 is 27.3 Å². The van der Waals surface area contributed by atoms with Gasteiger partial charge in [0, 0.05) is 11.3 Å². The average Bonchev–Trinajstić information content (AvgIpc) is 2.88. The Morgan fingerprint density at radius 1 is 0.872 bits per heavy atom. The first-order chi connectivity index (χ1) is 18.6. The standard InChI is InChI=1S/C33H38N2O3S/c1-22-4-5-23(2)31(14-22)35(39(3,37)38)21-24-6-8-28(9-7-24)32(36)34-30-12-10-29(11-13-30)33-18-25-15-26(19-33)17-27(16-25)20-33/h4-14,25-27H,15-21H2,1-3H3,(H,34,36). The smallest absolute Gasteiger partial charge is 0.255 e. The Balaban J connectivity index is 1.13. The van der Waals surface area contributed by atoms with Crippen molar-refractivity contribution < 1.29 is 13.2 Å². The highest BCUT2D eigenvalue weighted by molar-refractivity contribution is 7.92. The largest absolute Gasteiger partial charge is 0.322 e. The predicted molar refractivity (Wildman–Crippen MR) is 158 cm³/mol. The molecule has 4 aliphatic carbocycles. The molecular formula is C33H38N2O3S. The minimum atomic E-state index is -3.49. The zero-order valence-electron chi connectivity index (χ0n) is 23.1. The van der Waals surface area contributed by atoms with Crippen LogP contribution in [-0.2, 0) is 22.0 Å². The lowest BCUT2D eigenvalue weighted by atomic mass is 9.48. The third kappa shape index (κ3) is 5.23. The van der Waals surface area contributed by atoms with Crippen LogP contribution < -0.4 is 9.62 Å². The van der Waals surface area contributed by atoms with E-state index in [9.17, 15) is 13.2 Å². The number of hydrogen-bond acceptors (Lipinski definition) is 3. The molecule has 0 heterocycles. The van der Waals surface area contributed by atoms with Crippen molar-refractivity contribution in [3.63, 3.8) is 0 Å². The Morgan fingerprint density at radius 2 is 1.46 bits per heavy atom. The van der Waals surface area contributed by atoms with E-state index >= 15 is 0 Å². The molecule has 3 aromatic rings. The first-order valence-electron chi connectivity index (χ1n) is 14.1. The van der Waals surface area contributed by atoms with E-state index in [1.165, 1.54) is 54.6 Å². The van der Waals surface area contributed by atoms with Crippen molar-refractivity contribution in [2.24, 2.45) is 17.8 Å². The van der Waals surface area contributed by atoms with Crippen LogP contribution in [0.1, 0.15) is 71.1 Å². The number of sulfonamides is 1. The van der Waals surface area contributed by atoms with Crippen LogP contribution in [0.3, 0.4) is 0 Å². The van der Waals surface area contributed by atoms with E-state index in [1.54, 1.807) is 12.1 Å². The van der Waals surface area contributed by atoms with E-state index < -0.39 is 10.0 Å². The van der Waals surface area contributed by atoms with E-state index in [2.05, 4.69) is 17.4 Å². The molecule has 3 aromatic carbocycles. The monoisotopic (exact) mass is 542 g/mol. The number of nitrogens with one attached hydrogen (secondary N) is 1. The summed E-state index contributed by atoms with van der Waals surface area (Å²) in [6.45, 7) is 4.07. The summed E-state index contributed by atoms with van der Waals surface area (Å²) >= 11 is 0. The molecule has 4 aliphatic rings. The van der Waals surface area contributed by atoms with Crippen molar-refractivity contribution in [2.75, 3.05) is 15.9 Å². The van der Waals surface area contributed by atoms with Crippen LogP contribution in [0.4, 0.5) is 11.4 Å². The SMILES string of the molecule is Cc1ccc(C)c(N(Cc2ccc(C(=O)Nc3ccc(C45CC6CC(CC(C6)C4)C5)cc3)cc2)S(C)(=O)=O)c1. The molecule has 0 spiro atoms. The van der Waals surface area contributed by atoms with Crippen molar-refractivity contribution in [3.05, 3.63) is 94.5 Å². The highest BCUT2D eigenvalue weighted by Crippen LogP contribution is 2.60. The third-order valence-corrected chi connectivity index (χ3v) is 10.5. The number of carbonyl (C=O) groups excluding carboxylic acids is 1. The molecule has 0 radical (unpaired) electrons. The first kappa shape index (κ1) is 26.1. The molecule has 0 unspecified atom stereocenters. The second-order valence-electron chi connectivity index (χ2n) is 12.5. The molecular weight excluding hydrogens is 504 g/mol. The zero-order valence-corrected chi connectivity index (χ0v) is 23.9. The number of amides is 1. The maximum atomic E-state index is 13.0. The maximum absolute atomic E-state index is 13.0. The van der Waals surface area contributed by atoms with Crippen LogP contribution in [0.2, 0.25) is 0 Å². The summed E-state index contributed by atoms with van der Waals surface area (Å²) in [6, 6.07) is 21.6. The Morgan fingerprint density at radius 3 is 2.03 bits per heavy atom. The van der Waals surface area contributed by atoms with Gasteiger partial charge in [-0.05, 0) is 128 Å². The summed E-state index contributed by atoms with van der Waals surface area (Å²) in [7, 11) is -3.49. The van der Waals surface area contributed by atoms with Gasteiger partial charge >= 0.3 is 0 Å². The van der Waals surface area contributed by atoms with Gasteiger partial charge in [-0.2, -0.15) is 0 Å².